The van der Waals surface area contributed by atoms with Gasteiger partial charge in [-0.15, -0.1) is 0 Å². The number of aryl methyl sites for hydroxylation is 1. The average molecular weight is 230 g/mol. The van der Waals surface area contributed by atoms with E-state index in [-0.39, 0.29) is 0 Å². The van der Waals surface area contributed by atoms with Crippen molar-refractivity contribution in [1.82, 2.24) is 0 Å². The van der Waals surface area contributed by atoms with Crippen LogP contribution < -0.4 is 10.5 Å². The number of carbonyl (C=O) groups is 1. The van der Waals surface area contributed by atoms with Crippen LogP contribution in [0.3, 0.4) is 0 Å². The smallest absolute Gasteiger partial charge is 0.325 e. The zero-order valence-corrected chi connectivity index (χ0v) is 9.21. The fraction of sp³-hybridized carbons (Fsp3) is 0.300. The number of carboxylic acids is 1. The molecule has 0 aliphatic rings. The van der Waals surface area contributed by atoms with Gasteiger partial charge in [-0.1, -0.05) is 11.6 Å². The molecular weight excluding hydrogens is 218 g/mol. The molecule has 0 aromatic heterocycles. The first kappa shape index (κ1) is 11.8. The average Bonchev–Trinajstić information content (AvgIpc) is 2.15. The van der Waals surface area contributed by atoms with Crippen molar-refractivity contribution in [2.75, 3.05) is 7.11 Å². The molecule has 0 amide bonds. The monoisotopic (exact) mass is 229 g/mol. The summed E-state index contributed by atoms with van der Waals surface area (Å²) in [6.45, 7) is 1.84. The topological polar surface area (TPSA) is 72.5 Å². The lowest BCUT2D eigenvalue weighted by molar-refractivity contribution is -0.138. The van der Waals surface area contributed by atoms with Gasteiger partial charge in [-0.3, -0.25) is 4.79 Å². The van der Waals surface area contributed by atoms with E-state index in [0.717, 1.165) is 5.56 Å². The van der Waals surface area contributed by atoms with Gasteiger partial charge in [0.25, 0.3) is 0 Å². The molecule has 0 saturated heterocycles. The molecule has 0 aliphatic carbocycles. The van der Waals surface area contributed by atoms with Gasteiger partial charge in [0.1, 0.15) is 11.8 Å². The SMILES string of the molecule is COc1cc(C)cc(Cl)c1C(N)C(=O)O. The van der Waals surface area contributed by atoms with Crippen molar-refractivity contribution in [3.63, 3.8) is 0 Å². The van der Waals surface area contributed by atoms with Crippen LogP contribution in [0.15, 0.2) is 12.1 Å². The molecule has 0 spiro atoms. The van der Waals surface area contributed by atoms with Gasteiger partial charge in [0.2, 0.25) is 0 Å². The molecule has 1 atom stereocenters. The van der Waals surface area contributed by atoms with Gasteiger partial charge in [0.15, 0.2) is 0 Å². The summed E-state index contributed by atoms with van der Waals surface area (Å²) in [5.41, 5.74) is 6.69. The van der Waals surface area contributed by atoms with Gasteiger partial charge in [-0.25, -0.2) is 0 Å². The standard InChI is InChI=1S/C10H12ClNO3/c1-5-3-6(11)8(7(4-5)15-2)9(12)10(13)14/h3-4,9H,12H2,1-2H3,(H,13,14). The predicted octanol–water partition coefficient (Wildman–Crippen LogP) is 1.74. The Labute approximate surface area is 92.6 Å². The van der Waals surface area contributed by atoms with Crippen molar-refractivity contribution < 1.29 is 14.6 Å². The zero-order valence-electron chi connectivity index (χ0n) is 8.45. The van der Waals surface area contributed by atoms with Crippen molar-refractivity contribution in [2.45, 2.75) is 13.0 Å². The summed E-state index contributed by atoms with van der Waals surface area (Å²) in [6, 6.07) is 2.18. The number of ether oxygens (including phenoxy) is 1. The fourth-order valence-corrected chi connectivity index (χ4v) is 1.70. The van der Waals surface area contributed by atoms with Crippen LogP contribution >= 0.6 is 11.6 Å². The lowest BCUT2D eigenvalue weighted by atomic mass is 10.0. The largest absolute Gasteiger partial charge is 0.496 e. The van der Waals surface area contributed by atoms with Crippen LogP contribution in [-0.4, -0.2) is 18.2 Å². The minimum atomic E-state index is -1.17. The molecule has 0 aliphatic heterocycles. The minimum absolute atomic E-state index is 0.303. The van der Waals surface area contributed by atoms with Gasteiger partial charge in [0.05, 0.1) is 7.11 Å². The molecule has 1 unspecified atom stereocenters. The number of halogens is 1. The number of hydrogen-bond acceptors (Lipinski definition) is 3. The van der Waals surface area contributed by atoms with Gasteiger partial charge in [-0.2, -0.15) is 0 Å². The maximum absolute atomic E-state index is 10.8. The number of aliphatic carboxylic acids is 1. The first-order valence-electron chi connectivity index (χ1n) is 4.29. The maximum atomic E-state index is 10.8. The molecular formula is C10H12ClNO3. The predicted molar refractivity (Wildman–Crippen MR) is 57.3 cm³/mol. The zero-order chi connectivity index (χ0) is 11.6. The van der Waals surface area contributed by atoms with E-state index in [0.29, 0.717) is 16.3 Å². The summed E-state index contributed by atoms with van der Waals surface area (Å²) in [4.78, 5) is 10.8. The lowest BCUT2D eigenvalue weighted by Gasteiger charge is -2.14. The normalized spacial score (nSPS) is 12.3. The molecule has 0 bridgehead atoms. The van der Waals surface area contributed by atoms with E-state index in [2.05, 4.69) is 0 Å². The van der Waals surface area contributed by atoms with E-state index in [4.69, 9.17) is 27.2 Å². The fourth-order valence-electron chi connectivity index (χ4n) is 1.32. The Morgan fingerprint density at radius 2 is 2.20 bits per heavy atom. The van der Waals surface area contributed by atoms with E-state index < -0.39 is 12.0 Å². The van der Waals surface area contributed by atoms with Gasteiger partial charge in [-0.05, 0) is 24.6 Å². The Bertz CT molecular complexity index is 392. The van der Waals surface area contributed by atoms with Crippen LogP contribution in [0.2, 0.25) is 5.02 Å². The Morgan fingerprint density at radius 3 is 2.67 bits per heavy atom. The summed E-state index contributed by atoms with van der Waals surface area (Å²) < 4.78 is 5.05. The molecule has 0 heterocycles. The van der Waals surface area contributed by atoms with Gasteiger partial charge >= 0.3 is 5.97 Å². The van der Waals surface area contributed by atoms with E-state index in [1.165, 1.54) is 7.11 Å². The van der Waals surface area contributed by atoms with Crippen LogP contribution in [0.4, 0.5) is 0 Å². The minimum Gasteiger partial charge on any atom is -0.496 e. The second kappa shape index (κ2) is 4.51. The summed E-state index contributed by atoms with van der Waals surface area (Å²) in [5.74, 6) is -0.742. The van der Waals surface area contributed by atoms with Crippen molar-refractivity contribution >= 4 is 17.6 Å². The Balaban J connectivity index is 3.32. The van der Waals surface area contributed by atoms with E-state index >= 15 is 0 Å². The number of nitrogens with two attached hydrogens (primary N) is 1. The quantitative estimate of drug-likeness (QED) is 0.828. The molecule has 0 saturated carbocycles. The van der Waals surface area contributed by atoms with Crippen molar-refractivity contribution in [2.24, 2.45) is 5.73 Å². The number of carboxylic acid groups (broad SMARTS) is 1. The number of methoxy groups -OCH3 is 1. The van der Waals surface area contributed by atoms with Crippen LogP contribution in [0.25, 0.3) is 0 Å². The molecule has 82 valence electrons. The first-order valence-corrected chi connectivity index (χ1v) is 4.67. The maximum Gasteiger partial charge on any atom is 0.325 e. The van der Waals surface area contributed by atoms with Crippen LogP contribution in [-0.2, 0) is 4.79 Å². The molecule has 1 aromatic carbocycles. The van der Waals surface area contributed by atoms with Crippen LogP contribution in [0.1, 0.15) is 17.2 Å². The number of benzene rings is 1. The third-order valence-corrected chi connectivity index (χ3v) is 2.35. The highest BCUT2D eigenvalue weighted by molar-refractivity contribution is 6.32. The van der Waals surface area contributed by atoms with Gasteiger partial charge in [0, 0.05) is 10.6 Å². The highest BCUT2D eigenvalue weighted by Gasteiger charge is 2.22. The summed E-state index contributed by atoms with van der Waals surface area (Å²) in [7, 11) is 1.45. The third kappa shape index (κ3) is 2.40. The Kier molecular flexibility index (Phi) is 3.55. The van der Waals surface area contributed by atoms with Gasteiger partial charge < -0.3 is 15.6 Å². The Hall–Kier alpha value is -1.26. The number of hydrogen-bond donors (Lipinski definition) is 2. The molecule has 5 heteroatoms. The molecule has 15 heavy (non-hydrogen) atoms. The molecule has 1 rings (SSSR count). The molecule has 3 N–H and O–H groups in total. The second-order valence-corrected chi connectivity index (χ2v) is 3.59. The van der Waals surface area contributed by atoms with Crippen molar-refractivity contribution in [3.8, 4) is 5.75 Å². The second-order valence-electron chi connectivity index (χ2n) is 3.18. The first-order chi connectivity index (χ1) is 6.97. The van der Waals surface area contributed by atoms with Crippen molar-refractivity contribution in [1.29, 1.82) is 0 Å². The molecule has 0 fully saturated rings. The molecule has 4 nitrogen and oxygen atoms in total. The van der Waals surface area contributed by atoms with E-state index in [1.807, 2.05) is 6.92 Å². The summed E-state index contributed by atoms with van der Waals surface area (Å²) >= 11 is 5.93. The Morgan fingerprint density at radius 1 is 1.60 bits per heavy atom. The highest BCUT2D eigenvalue weighted by atomic mass is 35.5. The summed E-state index contributed by atoms with van der Waals surface area (Å²) in [5, 5.41) is 9.12. The van der Waals surface area contributed by atoms with Crippen molar-refractivity contribution in [3.05, 3.63) is 28.3 Å². The van der Waals surface area contributed by atoms with Crippen LogP contribution in [0, 0.1) is 6.92 Å². The molecule has 1 aromatic rings. The lowest BCUT2D eigenvalue weighted by Crippen LogP contribution is -2.21. The van der Waals surface area contributed by atoms with E-state index in [1.54, 1.807) is 12.1 Å². The van der Waals surface area contributed by atoms with E-state index in [9.17, 15) is 4.79 Å². The number of rotatable bonds is 3. The molecule has 0 radical (unpaired) electrons. The summed E-state index contributed by atoms with van der Waals surface area (Å²) in [6.07, 6.45) is 0. The third-order valence-electron chi connectivity index (χ3n) is 2.03. The highest BCUT2D eigenvalue weighted by Crippen LogP contribution is 2.32. The van der Waals surface area contributed by atoms with Crippen LogP contribution in [0.5, 0.6) is 5.75 Å².